The Kier molecular flexibility index (Phi) is 5.41. The van der Waals surface area contributed by atoms with Gasteiger partial charge in [0.25, 0.3) is 5.91 Å². The summed E-state index contributed by atoms with van der Waals surface area (Å²) in [5.74, 6) is 1.13. The van der Waals surface area contributed by atoms with Crippen LogP contribution in [0.5, 0.6) is 11.5 Å². The molecule has 1 aliphatic carbocycles. The molecule has 1 unspecified atom stereocenters. The van der Waals surface area contributed by atoms with Crippen molar-refractivity contribution in [3.8, 4) is 11.5 Å². The summed E-state index contributed by atoms with van der Waals surface area (Å²) in [6.07, 6.45) is 5.87. The standard InChI is InChI=1S/C19H23NO3S/c1-23-16-10-6-5-9-15(16)19(22)20-18(13-7-3-2-4-8-13)17-11-14(21)12-24-17/h5-6,9-13,18,21H,2-4,7-8H2,1H3,(H,20,22). The first-order valence-electron chi connectivity index (χ1n) is 8.40. The highest BCUT2D eigenvalue weighted by atomic mass is 32.1. The molecule has 0 aliphatic heterocycles. The quantitative estimate of drug-likeness (QED) is 0.838. The minimum Gasteiger partial charge on any atom is -0.507 e. The van der Waals surface area contributed by atoms with Crippen LogP contribution in [-0.4, -0.2) is 18.1 Å². The molecule has 1 aromatic carbocycles. The van der Waals surface area contributed by atoms with Crippen LogP contribution in [0.15, 0.2) is 35.7 Å². The zero-order valence-corrected chi connectivity index (χ0v) is 14.6. The topological polar surface area (TPSA) is 58.6 Å². The van der Waals surface area contributed by atoms with Gasteiger partial charge in [-0.1, -0.05) is 31.4 Å². The largest absolute Gasteiger partial charge is 0.507 e. The lowest BCUT2D eigenvalue weighted by Crippen LogP contribution is -2.34. The molecule has 5 heteroatoms. The number of ether oxygens (including phenoxy) is 1. The van der Waals surface area contributed by atoms with Gasteiger partial charge < -0.3 is 15.2 Å². The number of carbonyl (C=O) groups excluding carboxylic acids is 1. The van der Waals surface area contributed by atoms with Crippen LogP contribution in [0.4, 0.5) is 0 Å². The Morgan fingerprint density at radius 3 is 2.71 bits per heavy atom. The molecule has 1 saturated carbocycles. The normalized spacial score (nSPS) is 16.5. The number of hydrogen-bond acceptors (Lipinski definition) is 4. The van der Waals surface area contributed by atoms with Crippen LogP contribution >= 0.6 is 11.3 Å². The van der Waals surface area contributed by atoms with Crippen molar-refractivity contribution in [1.29, 1.82) is 0 Å². The number of para-hydroxylation sites is 1. The van der Waals surface area contributed by atoms with Gasteiger partial charge in [0, 0.05) is 10.3 Å². The SMILES string of the molecule is COc1ccccc1C(=O)NC(c1cc(O)cs1)C1CCCCC1. The monoisotopic (exact) mass is 345 g/mol. The van der Waals surface area contributed by atoms with Crippen molar-refractivity contribution in [2.24, 2.45) is 5.92 Å². The van der Waals surface area contributed by atoms with Crippen LogP contribution < -0.4 is 10.1 Å². The molecule has 1 heterocycles. The van der Waals surface area contributed by atoms with E-state index in [9.17, 15) is 9.90 Å². The molecular weight excluding hydrogens is 322 g/mol. The number of carbonyl (C=O) groups is 1. The van der Waals surface area contributed by atoms with E-state index in [2.05, 4.69) is 5.32 Å². The van der Waals surface area contributed by atoms with Crippen molar-refractivity contribution in [1.82, 2.24) is 5.32 Å². The third kappa shape index (κ3) is 3.73. The average molecular weight is 345 g/mol. The van der Waals surface area contributed by atoms with Gasteiger partial charge in [0.1, 0.15) is 11.5 Å². The van der Waals surface area contributed by atoms with E-state index in [4.69, 9.17) is 4.74 Å². The van der Waals surface area contributed by atoms with Gasteiger partial charge in [0.05, 0.1) is 18.7 Å². The van der Waals surface area contributed by atoms with Gasteiger partial charge in [-0.05, 0) is 37.0 Å². The van der Waals surface area contributed by atoms with Crippen LogP contribution in [-0.2, 0) is 0 Å². The van der Waals surface area contributed by atoms with E-state index < -0.39 is 0 Å². The van der Waals surface area contributed by atoms with Gasteiger partial charge in [-0.15, -0.1) is 11.3 Å². The van der Waals surface area contributed by atoms with E-state index >= 15 is 0 Å². The fraction of sp³-hybridized carbons (Fsp3) is 0.421. The molecule has 0 bridgehead atoms. The highest BCUT2D eigenvalue weighted by Gasteiger charge is 2.28. The van der Waals surface area contributed by atoms with Crippen LogP contribution in [0.1, 0.15) is 53.4 Å². The van der Waals surface area contributed by atoms with Crippen LogP contribution in [0.25, 0.3) is 0 Å². The summed E-state index contributed by atoms with van der Waals surface area (Å²) in [6.45, 7) is 0. The average Bonchev–Trinajstić information content (AvgIpc) is 3.06. The highest BCUT2D eigenvalue weighted by molar-refractivity contribution is 7.10. The lowest BCUT2D eigenvalue weighted by atomic mass is 9.83. The van der Waals surface area contributed by atoms with E-state index in [1.807, 2.05) is 12.1 Å². The number of benzene rings is 1. The second kappa shape index (κ2) is 7.71. The predicted molar refractivity (Wildman–Crippen MR) is 95.8 cm³/mol. The number of rotatable bonds is 5. The summed E-state index contributed by atoms with van der Waals surface area (Å²) in [7, 11) is 1.57. The third-order valence-corrected chi connectivity index (χ3v) is 5.68. The summed E-state index contributed by atoms with van der Waals surface area (Å²) in [5, 5.41) is 14.6. The Morgan fingerprint density at radius 1 is 1.29 bits per heavy atom. The van der Waals surface area contributed by atoms with Crippen molar-refractivity contribution in [3.05, 3.63) is 46.2 Å². The Morgan fingerprint density at radius 2 is 2.04 bits per heavy atom. The van der Waals surface area contributed by atoms with Crippen LogP contribution in [0.3, 0.4) is 0 Å². The lowest BCUT2D eigenvalue weighted by Gasteiger charge is -2.30. The smallest absolute Gasteiger partial charge is 0.255 e. The molecular formula is C19H23NO3S. The van der Waals surface area contributed by atoms with Gasteiger partial charge in [-0.25, -0.2) is 0 Å². The summed E-state index contributed by atoms with van der Waals surface area (Å²) in [4.78, 5) is 13.8. The van der Waals surface area contributed by atoms with E-state index in [1.165, 1.54) is 30.6 Å². The molecule has 1 aromatic heterocycles. The molecule has 1 aliphatic rings. The third-order valence-electron chi connectivity index (χ3n) is 4.67. The van der Waals surface area contributed by atoms with Gasteiger partial charge in [-0.2, -0.15) is 0 Å². The first-order chi connectivity index (χ1) is 11.7. The molecule has 0 saturated heterocycles. The van der Waals surface area contributed by atoms with E-state index in [0.717, 1.165) is 17.7 Å². The van der Waals surface area contributed by atoms with Gasteiger partial charge in [-0.3, -0.25) is 4.79 Å². The molecule has 3 rings (SSSR count). The number of methoxy groups -OCH3 is 1. The number of hydrogen-bond donors (Lipinski definition) is 2. The number of aromatic hydroxyl groups is 1. The second-order valence-corrected chi connectivity index (χ2v) is 7.20. The van der Waals surface area contributed by atoms with Gasteiger partial charge >= 0.3 is 0 Å². The van der Waals surface area contributed by atoms with Crippen molar-refractivity contribution in [3.63, 3.8) is 0 Å². The molecule has 0 spiro atoms. The molecule has 1 amide bonds. The lowest BCUT2D eigenvalue weighted by molar-refractivity contribution is 0.0910. The van der Waals surface area contributed by atoms with Crippen LogP contribution in [0, 0.1) is 5.92 Å². The second-order valence-electron chi connectivity index (χ2n) is 6.26. The first kappa shape index (κ1) is 16.8. The zero-order valence-electron chi connectivity index (χ0n) is 13.8. The summed E-state index contributed by atoms with van der Waals surface area (Å²) in [5.41, 5.74) is 0.543. The van der Waals surface area contributed by atoms with Crippen molar-refractivity contribution in [2.75, 3.05) is 7.11 Å². The van der Waals surface area contributed by atoms with Crippen molar-refractivity contribution in [2.45, 2.75) is 38.1 Å². The fourth-order valence-electron chi connectivity index (χ4n) is 3.45. The fourth-order valence-corrected chi connectivity index (χ4v) is 4.36. The van der Waals surface area contributed by atoms with E-state index in [-0.39, 0.29) is 17.7 Å². The Hall–Kier alpha value is -2.01. The zero-order chi connectivity index (χ0) is 16.9. The molecule has 128 valence electrons. The maximum absolute atomic E-state index is 12.8. The molecule has 2 N–H and O–H groups in total. The molecule has 4 nitrogen and oxygen atoms in total. The maximum atomic E-state index is 12.8. The number of thiophene rings is 1. The van der Waals surface area contributed by atoms with Crippen LogP contribution in [0.2, 0.25) is 0 Å². The van der Waals surface area contributed by atoms with E-state index in [1.54, 1.807) is 30.7 Å². The van der Waals surface area contributed by atoms with Crippen molar-refractivity contribution < 1.29 is 14.6 Å². The van der Waals surface area contributed by atoms with Gasteiger partial charge in [0.2, 0.25) is 0 Å². The Labute approximate surface area is 146 Å². The Balaban J connectivity index is 1.84. The Bertz CT molecular complexity index is 691. The summed E-state index contributed by atoms with van der Waals surface area (Å²) < 4.78 is 5.31. The van der Waals surface area contributed by atoms with Gasteiger partial charge in [0.15, 0.2) is 0 Å². The molecule has 0 radical (unpaired) electrons. The minimum atomic E-state index is -0.129. The van der Waals surface area contributed by atoms with E-state index in [0.29, 0.717) is 17.2 Å². The molecule has 24 heavy (non-hydrogen) atoms. The summed E-state index contributed by atoms with van der Waals surface area (Å²) >= 11 is 1.50. The molecule has 1 fully saturated rings. The summed E-state index contributed by atoms with van der Waals surface area (Å²) in [6, 6.07) is 8.97. The maximum Gasteiger partial charge on any atom is 0.255 e. The highest BCUT2D eigenvalue weighted by Crippen LogP contribution is 2.38. The minimum absolute atomic E-state index is 0.0615. The molecule has 2 aromatic rings. The number of amides is 1. The predicted octanol–water partition coefficient (Wildman–Crippen LogP) is 4.51. The number of nitrogens with one attached hydrogen (secondary N) is 1. The first-order valence-corrected chi connectivity index (χ1v) is 9.28. The van der Waals surface area contributed by atoms with Crippen molar-refractivity contribution >= 4 is 17.2 Å². The molecule has 1 atom stereocenters.